The van der Waals surface area contributed by atoms with Crippen molar-refractivity contribution < 1.29 is 20.1 Å². The number of ether oxygens (including phenoxy) is 1. The predicted molar refractivity (Wildman–Crippen MR) is 65.0 cm³/mol. The minimum Gasteiger partial charge on any atom is -0.508 e. The van der Waals surface area contributed by atoms with E-state index < -0.39 is 0 Å². The van der Waals surface area contributed by atoms with Gasteiger partial charge >= 0.3 is 0 Å². The van der Waals surface area contributed by atoms with Gasteiger partial charge in [-0.05, 0) is 29.8 Å². The third-order valence-corrected chi connectivity index (χ3v) is 3.06. The lowest BCUT2D eigenvalue weighted by Gasteiger charge is -2.11. The van der Waals surface area contributed by atoms with Crippen molar-refractivity contribution in [1.29, 1.82) is 0 Å². The molecule has 3 rings (SSSR count). The van der Waals surface area contributed by atoms with Crippen LogP contribution in [0.3, 0.4) is 0 Å². The Morgan fingerprint density at radius 2 is 1.72 bits per heavy atom. The number of phenols is 3. The van der Waals surface area contributed by atoms with Crippen molar-refractivity contribution in [1.82, 2.24) is 0 Å². The molecule has 2 aromatic carbocycles. The van der Waals surface area contributed by atoms with E-state index in [9.17, 15) is 15.3 Å². The summed E-state index contributed by atoms with van der Waals surface area (Å²) in [5.74, 6) is 0.838. The summed E-state index contributed by atoms with van der Waals surface area (Å²) in [5, 5.41) is 28.6. The highest BCUT2D eigenvalue weighted by molar-refractivity contribution is 5.49. The van der Waals surface area contributed by atoms with Crippen molar-refractivity contribution in [2.45, 2.75) is 12.5 Å². The van der Waals surface area contributed by atoms with Crippen LogP contribution < -0.4 is 4.74 Å². The van der Waals surface area contributed by atoms with E-state index in [-0.39, 0.29) is 23.4 Å². The molecule has 18 heavy (non-hydrogen) atoms. The quantitative estimate of drug-likeness (QED) is 0.720. The molecule has 1 unspecified atom stereocenters. The maximum Gasteiger partial charge on any atom is 0.128 e. The van der Waals surface area contributed by atoms with E-state index in [2.05, 4.69) is 0 Å². The molecule has 0 amide bonds. The summed E-state index contributed by atoms with van der Waals surface area (Å²) in [6.45, 7) is 0. The maximum absolute atomic E-state index is 9.73. The summed E-state index contributed by atoms with van der Waals surface area (Å²) in [4.78, 5) is 0. The SMILES string of the molecule is Oc1cc(O)cc(C2Cc3c(O)cccc3O2)c1. The Morgan fingerprint density at radius 1 is 1.00 bits per heavy atom. The highest BCUT2D eigenvalue weighted by atomic mass is 16.5. The Morgan fingerprint density at radius 3 is 2.39 bits per heavy atom. The second-order valence-corrected chi connectivity index (χ2v) is 4.35. The summed E-state index contributed by atoms with van der Waals surface area (Å²) < 4.78 is 5.70. The standard InChI is InChI=1S/C14H12O4/c15-9-4-8(5-10(16)6-9)14-7-11-12(17)2-1-3-13(11)18-14/h1-6,14-17H,7H2. The zero-order valence-corrected chi connectivity index (χ0v) is 9.50. The van der Waals surface area contributed by atoms with Crippen LogP contribution in [0.25, 0.3) is 0 Å². The molecule has 0 saturated heterocycles. The number of phenolic OH excluding ortho intramolecular Hbond substituents is 3. The summed E-state index contributed by atoms with van der Waals surface area (Å²) >= 11 is 0. The molecule has 1 aliphatic heterocycles. The molecule has 1 heterocycles. The second-order valence-electron chi connectivity index (χ2n) is 4.35. The minimum absolute atomic E-state index is 0.00576. The largest absolute Gasteiger partial charge is 0.508 e. The lowest BCUT2D eigenvalue weighted by atomic mass is 10.0. The van der Waals surface area contributed by atoms with Crippen LogP contribution >= 0.6 is 0 Å². The first kappa shape index (κ1) is 10.8. The lowest BCUT2D eigenvalue weighted by Crippen LogP contribution is -2.02. The molecule has 92 valence electrons. The third-order valence-electron chi connectivity index (χ3n) is 3.06. The number of aromatic hydroxyl groups is 3. The van der Waals surface area contributed by atoms with Gasteiger partial charge in [0, 0.05) is 18.1 Å². The number of fused-ring (bicyclic) bond motifs is 1. The van der Waals surface area contributed by atoms with Gasteiger partial charge in [-0.25, -0.2) is 0 Å². The molecule has 0 aliphatic carbocycles. The van der Waals surface area contributed by atoms with Gasteiger partial charge in [0.15, 0.2) is 0 Å². The van der Waals surface area contributed by atoms with E-state index in [4.69, 9.17) is 4.74 Å². The van der Waals surface area contributed by atoms with Gasteiger partial charge < -0.3 is 20.1 Å². The molecule has 0 bridgehead atoms. The Bertz CT molecular complexity index is 586. The van der Waals surface area contributed by atoms with Crippen LogP contribution in [-0.4, -0.2) is 15.3 Å². The van der Waals surface area contributed by atoms with Crippen LogP contribution in [0.15, 0.2) is 36.4 Å². The normalized spacial score (nSPS) is 17.2. The fourth-order valence-corrected chi connectivity index (χ4v) is 2.24. The Hall–Kier alpha value is -2.36. The molecule has 2 aromatic rings. The van der Waals surface area contributed by atoms with Crippen LogP contribution in [0, 0.1) is 0 Å². The first-order valence-corrected chi connectivity index (χ1v) is 5.64. The lowest BCUT2D eigenvalue weighted by molar-refractivity contribution is 0.237. The van der Waals surface area contributed by atoms with Crippen molar-refractivity contribution in [3.05, 3.63) is 47.5 Å². The van der Waals surface area contributed by atoms with Crippen LogP contribution in [0.1, 0.15) is 17.2 Å². The van der Waals surface area contributed by atoms with Gasteiger partial charge in [-0.15, -0.1) is 0 Å². The molecule has 0 radical (unpaired) electrons. The maximum atomic E-state index is 9.73. The smallest absolute Gasteiger partial charge is 0.128 e. The molecule has 0 spiro atoms. The van der Waals surface area contributed by atoms with Crippen molar-refractivity contribution in [3.63, 3.8) is 0 Å². The first-order chi connectivity index (χ1) is 8.63. The van der Waals surface area contributed by atoms with E-state index >= 15 is 0 Å². The Balaban J connectivity index is 1.96. The summed E-state index contributed by atoms with van der Waals surface area (Å²) in [6, 6.07) is 9.49. The topological polar surface area (TPSA) is 69.9 Å². The molecular formula is C14H12O4. The molecule has 3 N–H and O–H groups in total. The summed E-state index contributed by atoms with van der Waals surface area (Å²) in [6.07, 6.45) is 0.219. The molecule has 0 saturated carbocycles. The minimum atomic E-state index is -0.300. The van der Waals surface area contributed by atoms with Crippen molar-refractivity contribution in [3.8, 4) is 23.0 Å². The highest BCUT2D eigenvalue weighted by Crippen LogP contribution is 2.42. The van der Waals surface area contributed by atoms with Crippen LogP contribution in [0.4, 0.5) is 0 Å². The molecule has 0 aromatic heterocycles. The zero-order valence-electron chi connectivity index (χ0n) is 9.50. The van der Waals surface area contributed by atoms with Crippen molar-refractivity contribution >= 4 is 0 Å². The average molecular weight is 244 g/mol. The number of rotatable bonds is 1. The molecule has 1 atom stereocenters. The fraction of sp³-hybridized carbons (Fsp3) is 0.143. The first-order valence-electron chi connectivity index (χ1n) is 5.64. The average Bonchev–Trinajstić information content (AvgIpc) is 2.73. The van der Waals surface area contributed by atoms with Gasteiger partial charge in [0.05, 0.1) is 0 Å². The molecule has 4 nitrogen and oxygen atoms in total. The summed E-state index contributed by atoms with van der Waals surface area (Å²) in [7, 11) is 0. The van der Waals surface area contributed by atoms with Crippen molar-refractivity contribution in [2.75, 3.05) is 0 Å². The van der Waals surface area contributed by atoms with Gasteiger partial charge in [-0.1, -0.05) is 6.07 Å². The third kappa shape index (κ3) is 1.72. The van der Waals surface area contributed by atoms with Crippen LogP contribution in [0.5, 0.6) is 23.0 Å². The van der Waals surface area contributed by atoms with Crippen LogP contribution in [0.2, 0.25) is 0 Å². The molecular weight excluding hydrogens is 232 g/mol. The van der Waals surface area contributed by atoms with Crippen LogP contribution in [-0.2, 0) is 6.42 Å². The Labute approximate surface area is 104 Å². The molecule has 1 aliphatic rings. The second kappa shape index (κ2) is 3.84. The fourth-order valence-electron chi connectivity index (χ4n) is 2.24. The number of hydrogen-bond donors (Lipinski definition) is 3. The van der Waals surface area contributed by atoms with E-state index in [0.29, 0.717) is 17.7 Å². The van der Waals surface area contributed by atoms with Gasteiger partial charge in [0.2, 0.25) is 0 Å². The van der Waals surface area contributed by atoms with E-state index in [1.165, 1.54) is 6.07 Å². The zero-order chi connectivity index (χ0) is 12.7. The van der Waals surface area contributed by atoms with Gasteiger partial charge in [-0.2, -0.15) is 0 Å². The highest BCUT2D eigenvalue weighted by Gasteiger charge is 2.27. The predicted octanol–water partition coefficient (Wildman–Crippen LogP) is 2.48. The van der Waals surface area contributed by atoms with E-state index in [0.717, 1.165) is 5.56 Å². The van der Waals surface area contributed by atoms with Crippen molar-refractivity contribution in [2.24, 2.45) is 0 Å². The Kier molecular flexibility index (Phi) is 2.30. The molecule has 0 fully saturated rings. The number of benzene rings is 2. The van der Waals surface area contributed by atoms with Gasteiger partial charge in [0.25, 0.3) is 0 Å². The van der Waals surface area contributed by atoms with Gasteiger partial charge in [0.1, 0.15) is 29.1 Å². The number of hydrogen-bond acceptors (Lipinski definition) is 4. The monoisotopic (exact) mass is 244 g/mol. The molecule has 4 heteroatoms. The van der Waals surface area contributed by atoms with Gasteiger partial charge in [-0.3, -0.25) is 0 Å². The van der Waals surface area contributed by atoms with E-state index in [1.807, 2.05) is 0 Å². The summed E-state index contributed by atoms with van der Waals surface area (Å²) in [5.41, 5.74) is 1.44. The van der Waals surface area contributed by atoms with E-state index in [1.54, 1.807) is 30.3 Å².